The standard InChI is InChI=1S/C24H30N2O/c1-4-19-11-8-12-21-22(16-26-24(19)21)20(13-17(2)3)14-23(27)25-15-18-9-6-5-7-10-18/h5-12,16-17,20,26H,4,13-15H2,1-3H3,(H,25,27)/t20-/m1/s1. The summed E-state index contributed by atoms with van der Waals surface area (Å²) in [6, 6.07) is 16.5. The number of nitrogens with one attached hydrogen (secondary N) is 2. The van der Waals surface area contributed by atoms with Crippen molar-refractivity contribution in [3.05, 3.63) is 71.4 Å². The minimum absolute atomic E-state index is 0.116. The molecule has 3 aromatic rings. The molecule has 27 heavy (non-hydrogen) atoms. The van der Waals surface area contributed by atoms with Crippen molar-refractivity contribution >= 4 is 16.8 Å². The van der Waals surface area contributed by atoms with Gasteiger partial charge in [-0.15, -0.1) is 0 Å². The second kappa shape index (κ2) is 8.90. The third kappa shape index (κ3) is 4.79. The molecule has 0 bridgehead atoms. The predicted octanol–water partition coefficient (Wildman–Crippen LogP) is 5.57. The number of rotatable bonds is 8. The van der Waals surface area contributed by atoms with Crippen molar-refractivity contribution in [3.8, 4) is 0 Å². The summed E-state index contributed by atoms with van der Waals surface area (Å²) in [5, 5.41) is 4.35. The molecule has 0 radical (unpaired) electrons. The molecule has 1 atom stereocenters. The molecule has 2 N–H and O–H groups in total. The van der Waals surface area contributed by atoms with Crippen molar-refractivity contribution in [1.82, 2.24) is 10.3 Å². The van der Waals surface area contributed by atoms with Crippen LogP contribution in [0.2, 0.25) is 0 Å². The Labute approximate surface area is 162 Å². The molecule has 0 saturated heterocycles. The number of benzene rings is 2. The number of fused-ring (bicyclic) bond motifs is 1. The summed E-state index contributed by atoms with van der Waals surface area (Å²) in [6.45, 7) is 7.21. The molecule has 1 amide bonds. The fourth-order valence-corrected chi connectivity index (χ4v) is 3.85. The Hall–Kier alpha value is -2.55. The van der Waals surface area contributed by atoms with Gasteiger partial charge in [0.05, 0.1) is 0 Å². The topological polar surface area (TPSA) is 44.9 Å². The maximum Gasteiger partial charge on any atom is 0.220 e. The van der Waals surface area contributed by atoms with Crippen LogP contribution in [0.15, 0.2) is 54.7 Å². The van der Waals surface area contributed by atoms with Crippen molar-refractivity contribution < 1.29 is 4.79 Å². The van der Waals surface area contributed by atoms with Crippen LogP contribution >= 0.6 is 0 Å². The summed E-state index contributed by atoms with van der Waals surface area (Å²) in [5.74, 6) is 0.878. The average Bonchev–Trinajstić information content (AvgIpc) is 3.10. The van der Waals surface area contributed by atoms with Gasteiger partial charge in [0.25, 0.3) is 0 Å². The third-order valence-corrected chi connectivity index (χ3v) is 5.17. The van der Waals surface area contributed by atoms with Crippen LogP contribution in [0.1, 0.15) is 56.2 Å². The lowest BCUT2D eigenvalue weighted by molar-refractivity contribution is -0.121. The van der Waals surface area contributed by atoms with E-state index < -0.39 is 0 Å². The number of hydrogen-bond acceptors (Lipinski definition) is 1. The van der Waals surface area contributed by atoms with Gasteiger partial charge in [-0.3, -0.25) is 4.79 Å². The predicted molar refractivity (Wildman–Crippen MR) is 113 cm³/mol. The third-order valence-electron chi connectivity index (χ3n) is 5.17. The molecule has 3 nitrogen and oxygen atoms in total. The first-order valence-electron chi connectivity index (χ1n) is 9.98. The van der Waals surface area contributed by atoms with Crippen molar-refractivity contribution in [2.24, 2.45) is 5.92 Å². The van der Waals surface area contributed by atoms with Gasteiger partial charge >= 0.3 is 0 Å². The molecule has 0 aliphatic heterocycles. The smallest absolute Gasteiger partial charge is 0.220 e. The van der Waals surface area contributed by atoms with Crippen molar-refractivity contribution in [1.29, 1.82) is 0 Å². The number of amides is 1. The zero-order chi connectivity index (χ0) is 19.2. The van der Waals surface area contributed by atoms with Gasteiger partial charge in [0.15, 0.2) is 0 Å². The number of aromatic nitrogens is 1. The van der Waals surface area contributed by atoms with Crippen LogP contribution in [-0.4, -0.2) is 10.9 Å². The van der Waals surface area contributed by atoms with E-state index in [-0.39, 0.29) is 11.8 Å². The van der Waals surface area contributed by atoms with Gasteiger partial charge in [0.2, 0.25) is 5.91 Å². The molecule has 1 aromatic heterocycles. The number of carbonyl (C=O) groups is 1. The summed E-state index contributed by atoms with van der Waals surface area (Å²) in [6.07, 6.45) is 4.64. The van der Waals surface area contributed by atoms with Gasteiger partial charge in [-0.05, 0) is 41.4 Å². The number of aryl methyl sites for hydroxylation is 1. The number of carbonyl (C=O) groups excluding carboxylic acids is 1. The minimum Gasteiger partial charge on any atom is -0.361 e. The summed E-state index contributed by atoms with van der Waals surface area (Å²) in [5.41, 5.74) is 4.94. The van der Waals surface area contributed by atoms with E-state index in [2.05, 4.69) is 55.5 Å². The summed E-state index contributed by atoms with van der Waals surface area (Å²) in [4.78, 5) is 16.1. The van der Waals surface area contributed by atoms with Crippen LogP contribution in [0.5, 0.6) is 0 Å². The first kappa shape index (κ1) is 19.2. The van der Waals surface area contributed by atoms with Gasteiger partial charge in [-0.2, -0.15) is 0 Å². The first-order chi connectivity index (χ1) is 13.1. The zero-order valence-electron chi connectivity index (χ0n) is 16.6. The lowest BCUT2D eigenvalue weighted by Crippen LogP contribution is -2.25. The maximum absolute atomic E-state index is 12.6. The SMILES string of the molecule is CCc1cccc2c([C@@H](CC(=O)NCc3ccccc3)CC(C)C)c[nH]c12. The molecule has 0 aliphatic carbocycles. The summed E-state index contributed by atoms with van der Waals surface area (Å²) < 4.78 is 0. The molecule has 0 saturated carbocycles. The quantitative estimate of drug-likeness (QED) is 0.541. The van der Waals surface area contributed by atoms with Gasteiger partial charge in [-0.1, -0.05) is 69.3 Å². The minimum atomic E-state index is 0.116. The Morgan fingerprint density at radius 3 is 2.56 bits per heavy atom. The number of hydrogen-bond donors (Lipinski definition) is 2. The maximum atomic E-state index is 12.6. The second-order valence-corrected chi connectivity index (χ2v) is 7.73. The van der Waals surface area contributed by atoms with E-state index >= 15 is 0 Å². The van der Waals surface area contributed by atoms with Crippen molar-refractivity contribution in [3.63, 3.8) is 0 Å². The molecule has 3 heteroatoms. The lowest BCUT2D eigenvalue weighted by Gasteiger charge is -2.19. The Bertz CT molecular complexity index is 880. The van der Waals surface area contributed by atoms with E-state index in [1.165, 1.54) is 22.0 Å². The first-order valence-corrected chi connectivity index (χ1v) is 9.98. The van der Waals surface area contributed by atoms with Crippen molar-refractivity contribution in [2.45, 2.75) is 52.5 Å². The largest absolute Gasteiger partial charge is 0.361 e. The Kier molecular flexibility index (Phi) is 6.33. The fourth-order valence-electron chi connectivity index (χ4n) is 3.85. The monoisotopic (exact) mass is 362 g/mol. The highest BCUT2D eigenvalue weighted by Crippen LogP contribution is 2.34. The molecule has 0 fully saturated rings. The van der Waals surface area contributed by atoms with E-state index in [1.54, 1.807) is 0 Å². The van der Waals surface area contributed by atoms with Crippen LogP contribution in [0.25, 0.3) is 10.9 Å². The molecule has 3 rings (SSSR count). The molecular formula is C24H30N2O. The van der Waals surface area contributed by atoms with Gasteiger partial charge in [0, 0.05) is 30.1 Å². The second-order valence-electron chi connectivity index (χ2n) is 7.73. The zero-order valence-corrected chi connectivity index (χ0v) is 16.6. The van der Waals surface area contributed by atoms with Crippen LogP contribution in [-0.2, 0) is 17.8 Å². The number of para-hydroxylation sites is 1. The summed E-state index contributed by atoms with van der Waals surface area (Å²) >= 11 is 0. The normalized spacial score (nSPS) is 12.4. The number of aromatic amines is 1. The molecule has 1 heterocycles. The molecule has 0 aliphatic rings. The molecule has 0 spiro atoms. The van der Waals surface area contributed by atoms with Crippen LogP contribution in [0.4, 0.5) is 0 Å². The van der Waals surface area contributed by atoms with Gasteiger partial charge in [-0.25, -0.2) is 0 Å². The van der Waals surface area contributed by atoms with E-state index in [1.807, 2.05) is 30.3 Å². The highest BCUT2D eigenvalue weighted by molar-refractivity contribution is 5.87. The Morgan fingerprint density at radius 2 is 1.85 bits per heavy atom. The van der Waals surface area contributed by atoms with E-state index in [4.69, 9.17) is 0 Å². The van der Waals surface area contributed by atoms with Gasteiger partial charge < -0.3 is 10.3 Å². The fraction of sp³-hybridized carbons (Fsp3) is 0.375. The van der Waals surface area contributed by atoms with E-state index in [0.717, 1.165) is 18.4 Å². The van der Waals surface area contributed by atoms with Gasteiger partial charge in [0.1, 0.15) is 0 Å². The Morgan fingerprint density at radius 1 is 1.07 bits per heavy atom. The molecular weight excluding hydrogens is 332 g/mol. The Balaban J connectivity index is 1.77. The van der Waals surface area contributed by atoms with E-state index in [9.17, 15) is 4.79 Å². The average molecular weight is 363 g/mol. The molecule has 142 valence electrons. The molecule has 2 aromatic carbocycles. The lowest BCUT2D eigenvalue weighted by atomic mass is 9.87. The summed E-state index contributed by atoms with van der Waals surface area (Å²) in [7, 11) is 0. The van der Waals surface area contributed by atoms with Crippen LogP contribution in [0.3, 0.4) is 0 Å². The van der Waals surface area contributed by atoms with E-state index in [0.29, 0.717) is 18.9 Å². The van der Waals surface area contributed by atoms with Crippen LogP contribution in [0, 0.1) is 5.92 Å². The van der Waals surface area contributed by atoms with Crippen LogP contribution < -0.4 is 5.32 Å². The molecule has 0 unspecified atom stereocenters. The number of H-pyrrole nitrogens is 1. The van der Waals surface area contributed by atoms with Crippen molar-refractivity contribution in [2.75, 3.05) is 0 Å². The highest BCUT2D eigenvalue weighted by Gasteiger charge is 2.21. The highest BCUT2D eigenvalue weighted by atomic mass is 16.1.